The fraction of sp³-hybridized carbons (Fsp3) is 0.286. The van der Waals surface area contributed by atoms with E-state index in [0.717, 1.165) is 43.5 Å². The maximum absolute atomic E-state index is 5.43. The molecule has 1 fully saturated rings. The molecule has 1 atom stereocenters. The predicted molar refractivity (Wildman–Crippen MR) is 106 cm³/mol. The molecule has 1 aliphatic rings. The maximum atomic E-state index is 5.43. The Hall–Kier alpha value is -2.99. The Morgan fingerprint density at radius 1 is 0.963 bits per heavy atom. The molecule has 138 valence electrons. The van der Waals surface area contributed by atoms with Crippen LogP contribution in [-0.4, -0.2) is 41.3 Å². The van der Waals surface area contributed by atoms with Crippen LogP contribution in [0.3, 0.4) is 0 Å². The highest BCUT2D eigenvalue weighted by Gasteiger charge is 2.17. The van der Waals surface area contributed by atoms with Gasteiger partial charge in [-0.2, -0.15) is 0 Å². The maximum Gasteiger partial charge on any atom is 0.134 e. The summed E-state index contributed by atoms with van der Waals surface area (Å²) in [7, 11) is 0. The highest BCUT2D eigenvalue weighted by Crippen LogP contribution is 2.27. The van der Waals surface area contributed by atoms with Gasteiger partial charge >= 0.3 is 0 Å². The fourth-order valence-electron chi connectivity index (χ4n) is 3.21. The van der Waals surface area contributed by atoms with Crippen molar-refractivity contribution in [3.63, 3.8) is 0 Å². The Bertz CT molecular complexity index is 863. The van der Waals surface area contributed by atoms with E-state index in [1.807, 2.05) is 30.6 Å². The van der Waals surface area contributed by atoms with E-state index < -0.39 is 0 Å². The molecule has 1 N–H and O–H groups in total. The zero-order valence-electron chi connectivity index (χ0n) is 15.4. The van der Waals surface area contributed by atoms with Crippen LogP contribution in [0.1, 0.15) is 22.7 Å². The molecule has 1 saturated heterocycles. The standard InChI is InChI=1S/C21H23N5O/c1-16-2-4-17(5-3-16)21(18-6-8-22-9-7-18)25-19-14-20(24-15-23-19)26-10-12-27-13-11-26/h2-9,14-15,21H,10-13H2,1H3,(H,23,24,25). The highest BCUT2D eigenvalue weighted by atomic mass is 16.5. The molecular formula is C21H23N5O. The Labute approximate surface area is 159 Å². The number of rotatable bonds is 5. The number of nitrogens with zero attached hydrogens (tertiary/aromatic N) is 4. The fourth-order valence-corrected chi connectivity index (χ4v) is 3.21. The van der Waals surface area contributed by atoms with Gasteiger partial charge in [0.15, 0.2) is 0 Å². The van der Waals surface area contributed by atoms with E-state index in [4.69, 9.17) is 4.74 Å². The van der Waals surface area contributed by atoms with Crippen molar-refractivity contribution in [3.05, 3.63) is 77.9 Å². The van der Waals surface area contributed by atoms with Gasteiger partial charge in [-0.25, -0.2) is 9.97 Å². The summed E-state index contributed by atoms with van der Waals surface area (Å²) in [6.45, 7) is 5.26. The van der Waals surface area contributed by atoms with Crippen molar-refractivity contribution in [2.24, 2.45) is 0 Å². The predicted octanol–water partition coefficient (Wildman–Crippen LogP) is 3.22. The van der Waals surface area contributed by atoms with Gasteiger partial charge in [0.2, 0.25) is 0 Å². The van der Waals surface area contributed by atoms with Crippen LogP contribution in [0, 0.1) is 6.92 Å². The molecule has 3 aromatic rings. The molecule has 27 heavy (non-hydrogen) atoms. The van der Waals surface area contributed by atoms with Crippen molar-refractivity contribution in [2.75, 3.05) is 36.5 Å². The molecule has 0 amide bonds. The molecule has 6 heteroatoms. The molecule has 0 aliphatic carbocycles. The number of pyridine rings is 1. The van der Waals surface area contributed by atoms with E-state index in [1.54, 1.807) is 6.33 Å². The third kappa shape index (κ3) is 4.23. The lowest BCUT2D eigenvalue weighted by Gasteiger charge is -2.28. The Morgan fingerprint density at radius 3 is 2.41 bits per heavy atom. The average Bonchev–Trinajstić information content (AvgIpc) is 2.74. The molecule has 0 radical (unpaired) electrons. The first-order valence-corrected chi connectivity index (χ1v) is 9.17. The molecule has 1 aliphatic heterocycles. The van der Waals surface area contributed by atoms with Crippen molar-refractivity contribution >= 4 is 11.6 Å². The largest absolute Gasteiger partial charge is 0.378 e. The molecular weight excluding hydrogens is 338 g/mol. The molecule has 0 bridgehead atoms. The van der Waals surface area contributed by atoms with Crippen molar-refractivity contribution in [2.45, 2.75) is 13.0 Å². The van der Waals surface area contributed by atoms with Crippen LogP contribution in [0.25, 0.3) is 0 Å². The molecule has 2 aromatic heterocycles. The molecule has 6 nitrogen and oxygen atoms in total. The molecule has 0 saturated carbocycles. The van der Waals surface area contributed by atoms with Crippen LogP contribution in [0.5, 0.6) is 0 Å². The number of benzene rings is 1. The van der Waals surface area contributed by atoms with Gasteiger partial charge in [-0.15, -0.1) is 0 Å². The van der Waals surface area contributed by atoms with Gasteiger partial charge in [0.25, 0.3) is 0 Å². The number of aromatic nitrogens is 3. The van der Waals surface area contributed by atoms with Crippen LogP contribution in [-0.2, 0) is 4.74 Å². The second kappa shape index (κ2) is 8.14. The summed E-state index contributed by atoms with van der Waals surface area (Å²) in [5.74, 6) is 1.72. The summed E-state index contributed by atoms with van der Waals surface area (Å²) in [5.41, 5.74) is 3.56. The summed E-state index contributed by atoms with van der Waals surface area (Å²) < 4.78 is 5.43. The Kier molecular flexibility index (Phi) is 5.25. The number of aryl methyl sites for hydroxylation is 1. The number of ether oxygens (including phenoxy) is 1. The average molecular weight is 361 g/mol. The van der Waals surface area contributed by atoms with E-state index in [0.29, 0.717) is 0 Å². The summed E-state index contributed by atoms with van der Waals surface area (Å²) in [6.07, 6.45) is 5.25. The first-order valence-electron chi connectivity index (χ1n) is 9.17. The number of morpholine rings is 1. The SMILES string of the molecule is Cc1ccc(C(Nc2cc(N3CCOCC3)ncn2)c2ccncc2)cc1. The molecule has 1 unspecified atom stereocenters. The third-order valence-electron chi connectivity index (χ3n) is 4.73. The van der Waals surface area contributed by atoms with Gasteiger partial charge in [-0.1, -0.05) is 29.8 Å². The topological polar surface area (TPSA) is 63.2 Å². The van der Waals surface area contributed by atoms with Crippen LogP contribution in [0.2, 0.25) is 0 Å². The monoisotopic (exact) mass is 361 g/mol. The third-order valence-corrected chi connectivity index (χ3v) is 4.73. The zero-order chi connectivity index (χ0) is 18.5. The van der Waals surface area contributed by atoms with Gasteiger partial charge in [0, 0.05) is 31.5 Å². The minimum atomic E-state index is -0.0129. The molecule has 4 rings (SSSR count). The lowest BCUT2D eigenvalue weighted by Crippen LogP contribution is -2.36. The van der Waals surface area contributed by atoms with E-state index in [1.165, 1.54) is 11.1 Å². The van der Waals surface area contributed by atoms with E-state index in [2.05, 4.69) is 56.4 Å². The first-order chi connectivity index (χ1) is 13.3. The van der Waals surface area contributed by atoms with Crippen molar-refractivity contribution in [1.82, 2.24) is 15.0 Å². The minimum absolute atomic E-state index is 0.0129. The number of anilines is 2. The van der Waals surface area contributed by atoms with Gasteiger partial charge in [0.1, 0.15) is 18.0 Å². The Morgan fingerprint density at radius 2 is 1.67 bits per heavy atom. The van der Waals surface area contributed by atoms with Crippen molar-refractivity contribution < 1.29 is 4.74 Å². The van der Waals surface area contributed by atoms with Gasteiger partial charge < -0.3 is 15.0 Å². The second-order valence-corrected chi connectivity index (χ2v) is 6.63. The molecule has 3 heterocycles. The highest BCUT2D eigenvalue weighted by molar-refractivity contribution is 5.51. The quantitative estimate of drug-likeness (QED) is 0.753. The number of hydrogen-bond donors (Lipinski definition) is 1. The summed E-state index contributed by atoms with van der Waals surface area (Å²) >= 11 is 0. The van der Waals surface area contributed by atoms with E-state index in [9.17, 15) is 0 Å². The summed E-state index contributed by atoms with van der Waals surface area (Å²) in [4.78, 5) is 15.3. The zero-order valence-corrected chi connectivity index (χ0v) is 15.4. The van der Waals surface area contributed by atoms with Gasteiger partial charge in [-0.3, -0.25) is 4.98 Å². The van der Waals surface area contributed by atoms with Crippen molar-refractivity contribution in [3.8, 4) is 0 Å². The minimum Gasteiger partial charge on any atom is -0.378 e. The number of hydrogen-bond acceptors (Lipinski definition) is 6. The van der Waals surface area contributed by atoms with Crippen LogP contribution in [0.4, 0.5) is 11.6 Å². The van der Waals surface area contributed by atoms with Crippen LogP contribution in [0.15, 0.2) is 61.2 Å². The second-order valence-electron chi connectivity index (χ2n) is 6.63. The summed E-state index contributed by atoms with van der Waals surface area (Å²) in [6, 6.07) is 14.6. The van der Waals surface area contributed by atoms with E-state index in [-0.39, 0.29) is 6.04 Å². The molecule has 1 aromatic carbocycles. The van der Waals surface area contributed by atoms with Gasteiger partial charge in [0.05, 0.1) is 19.3 Å². The smallest absolute Gasteiger partial charge is 0.134 e. The normalized spacial score (nSPS) is 15.4. The van der Waals surface area contributed by atoms with E-state index >= 15 is 0 Å². The first kappa shape index (κ1) is 17.4. The van der Waals surface area contributed by atoms with Gasteiger partial charge in [-0.05, 0) is 30.2 Å². The molecule has 0 spiro atoms. The summed E-state index contributed by atoms with van der Waals surface area (Å²) in [5, 5.41) is 3.57. The lowest BCUT2D eigenvalue weighted by molar-refractivity contribution is 0.122. The van der Waals surface area contributed by atoms with Crippen LogP contribution >= 0.6 is 0 Å². The Balaban J connectivity index is 1.62. The lowest BCUT2D eigenvalue weighted by atomic mass is 9.98. The number of nitrogens with one attached hydrogen (secondary N) is 1. The van der Waals surface area contributed by atoms with Crippen LogP contribution < -0.4 is 10.2 Å². The van der Waals surface area contributed by atoms with Crippen molar-refractivity contribution in [1.29, 1.82) is 0 Å².